The molecule has 0 radical (unpaired) electrons. The molecular formula is C18H19N3O2S. The van der Waals surface area contributed by atoms with Crippen molar-refractivity contribution >= 4 is 34.4 Å². The molecule has 2 aromatic carbocycles. The van der Waals surface area contributed by atoms with Crippen molar-refractivity contribution in [2.75, 3.05) is 11.9 Å². The Labute approximate surface area is 145 Å². The second-order valence-corrected chi connectivity index (χ2v) is 6.50. The largest absolute Gasteiger partial charge is 0.483 e. The van der Waals surface area contributed by atoms with Gasteiger partial charge in [-0.2, -0.15) is 8.75 Å². The Morgan fingerprint density at radius 1 is 1.25 bits per heavy atom. The summed E-state index contributed by atoms with van der Waals surface area (Å²) in [4.78, 5) is 12.2. The molecule has 1 N–H and O–H groups in total. The summed E-state index contributed by atoms with van der Waals surface area (Å²) in [7, 11) is 0. The number of aryl methyl sites for hydroxylation is 1. The van der Waals surface area contributed by atoms with Crippen LogP contribution < -0.4 is 10.1 Å². The molecule has 0 atom stereocenters. The SMILES string of the molecule is Cc1ccc(C(C)C)c(OCC(=O)Nc2cccc3nsnc23)c1. The zero-order chi connectivity index (χ0) is 17.1. The summed E-state index contributed by atoms with van der Waals surface area (Å²) < 4.78 is 14.1. The zero-order valence-corrected chi connectivity index (χ0v) is 14.7. The molecule has 0 fully saturated rings. The number of hydrogen-bond acceptors (Lipinski definition) is 5. The summed E-state index contributed by atoms with van der Waals surface area (Å²) in [6.45, 7) is 6.17. The smallest absolute Gasteiger partial charge is 0.262 e. The van der Waals surface area contributed by atoms with E-state index in [9.17, 15) is 4.79 Å². The number of rotatable bonds is 5. The van der Waals surface area contributed by atoms with Crippen LogP contribution in [0.1, 0.15) is 30.9 Å². The van der Waals surface area contributed by atoms with Crippen LogP contribution in [0.15, 0.2) is 36.4 Å². The predicted octanol–water partition coefficient (Wildman–Crippen LogP) is 4.14. The number of hydrogen-bond donors (Lipinski definition) is 1. The number of fused-ring (bicyclic) bond motifs is 1. The molecule has 3 rings (SSSR count). The van der Waals surface area contributed by atoms with Crippen molar-refractivity contribution in [3.63, 3.8) is 0 Å². The molecule has 5 nitrogen and oxygen atoms in total. The molecule has 24 heavy (non-hydrogen) atoms. The first-order valence-electron chi connectivity index (χ1n) is 7.79. The fourth-order valence-electron chi connectivity index (χ4n) is 2.48. The molecule has 0 aliphatic heterocycles. The Balaban J connectivity index is 1.70. The van der Waals surface area contributed by atoms with Gasteiger partial charge in [0.1, 0.15) is 16.8 Å². The Hall–Kier alpha value is -2.47. The van der Waals surface area contributed by atoms with Gasteiger partial charge < -0.3 is 10.1 Å². The number of amides is 1. The van der Waals surface area contributed by atoms with Crippen LogP contribution in [0.4, 0.5) is 5.69 Å². The van der Waals surface area contributed by atoms with Crippen LogP contribution in [0, 0.1) is 6.92 Å². The average molecular weight is 341 g/mol. The topological polar surface area (TPSA) is 64.1 Å². The third-order valence-electron chi connectivity index (χ3n) is 3.71. The van der Waals surface area contributed by atoms with Crippen molar-refractivity contribution in [1.82, 2.24) is 8.75 Å². The standard InChI is InChI=1S/C18H19N3O2S/c1-11(2)13-8-7-12(3)9-16(13)23-10-17(22)19-14-5-4-6-15-18(14)21-24-20-15/h4-9,11H,10H2,1-3H3,(H,19,22). The Morgan fingerprint density at radius 3 is 2.88 bits per heavy atom. The lowest BCUT2D eigenvalue weighted by atomic mass is 10.0. The van der Waals surface area contributed by atoms with E-state index in [4.69, 9.17) is 4.74 Å². The van der Waals surface area contributed by atoms with E-state index in [0.29, 0.717) is 17.1 Å². The van der Waals surface area contributed by atoms with Gasteiger partial charge in [0.2, 0.25) is 0 Å². The van der Waals surface area contributed by atoms with Gasteiger partial charge in [-0.25, -0.2) is 0 Å². The van der Waals surface area contributed by atoms with Crippen molar-refractivity contribution in [2.24, 2.45) is 0 Å². The van der Waals surface area contributed by atoms with Gasteiger partial charge in [-0.1, -0.05) is 32.0 Å². The lowest BCUT2D eigenvalue weighted by Crippen LogP contribution is -2.20. The van der Waals surface area contributed by atoms with E-state index >= 15 is 0 Å². The number of carbonyl (C=O) groups is 1. The summed E-state index contributed by atoms with van der Waals surface area (Å²) in [5, 5.41) is 2.84. The molecule has 0 bridgehead atoms. The molecule has 124 valence electrons. The molecule has 1 amide bonds. The normalized spacial score (nSPS) is 11.0. The van der Waals surface area contributed by atoms with Crippen molar-refractivity contribution in [3.8, 4) is 5.75 Å². The van der Waals surface area contributed by atoms with Crippen LogP contribution in [-0.4, -0.2) is 21.3 Å². The molecule has 1 heterocycles. The van der Waals surface area contributed by atoms with Gasteiger partial charge in [-0.05, 0) is 42.2 Å². The number of anilines is 1. The van der Waals surface area contributed by atoms with Crippen LogP contribution >= 0.6 is 11.7 Å². The summed E-state index contributed by atoms with van der Waals surface area (Å²) in [5.74, 6) is 0.874. The van der Waals surface area contributed by atoms with E-state index in [1.807, 2.05) is 31.2 Å². The molecule has 3 aromatic rings. The second-order valence-electron chi connectivity index (χ2n) is 5.97. The van der Waals surface area contributed by atoms with Gasteiger partial charge in [0.05, 0.1) is 17.4 Å². The molecular weight excluding hydrogens is 322 g/mol. The number of nitrogens with zero attached hydrogens (tertiary/aromatic N) is 2. The van der Waals surface area contributed by atoms with Crippen LogP contribution in [0.2, 0.25) is 0 Å². The van der Waals surface area contributed by atoms with E-state index in [2.05, 4.69) is 40.0 Å². The molecule has 6 heteroatoms. The third-order valence-corrected chi connectivity index (χ3v) is 4.25. The fourth-order valence-corrected chi connectivity index (χ4v) is 3.03. The monoisotopic (exact) mass is 341 g/mol. The molecule has 0 saturated carbocycles. The van der Waals surface area contributed by atoms with Gasteiger partial charge in [0, 0.05) is 0 Å². The lowest BCUT2D eigenvalue weighted by Gasteiger charge is -2.14. The van der Waals surface area contributed by atoms with Gasteiger partial charge in [0.25, 0.3) is 5.91 Å². The van der Waals surface area contributed by atoms with Gasteiger partial charge >= 0.3 is 0 Å². The third kappa shape index (κ3) is 3.54. The predicted molar refractivity (Wildman–Crippen MR) is 96.8 cm³/mol. The molecule has 0 unspecified atom stereocenters. The first-order valence-corrected chi connectivity index (χ1v) is 8.52. The van der Waals surface area contributed by atoms with E-state index < -0.39 is 0 Å². The lowest BCUT2D eigenvalue weighted by molar-refractivity contribution is -0.118. The van der Waals surface area contributed by atoms with E-state index in [0.717, 1.165) is 34.1 Å². The Kier molecular flexibility index (Phi) is 4.76. The Morgan fingerprint density at radius 2 is 2.08 bits per heavy atom. The first-order chi connectivity index (χ1) is 11.5. The van der Waals surface area contributed by atoms with Gasteiger partial charge in [-0.3, -0.25) is 4.79 Å². The maximum Gasteiger partial charge on any atom is 0.262 e. The maximum absolute atomic E-state index is 12.2. The minimum absolute atomic E-state index is 0.0445. The number of ether oxygens (including phenoxy) is 1. The zero-order valence-electron chi connectivity index (χ0n) is 13.9. The molecule has 1 aromatic heterocycles. The number of carbonyl (C=O) groups excluding carboxylic acids is 1. The Bertz CT molecular complexity index is 874. The highest BCUT2D eigenvalue weighted by Crippen LogP contribution is 2.27. The van der Waals surface area contributed by atoms with Crippen molar-refractivity contribution in [1.29, 1.82) is 0 Å². The van der Waals surface area contributed by atoms with Gasteiger partial charge in [0.15, 0.2) is 6.61 Å². The maximum atomic E-state index is 12.2. The molecule has 0 aliphatic rings. The van der Waals surface area contributed by atoms with Crippen molar-refractivity contribution in [2.45, 2.75) is 26.7 Å². The highest BCUT2D eigenvalue weighted by molar-refractivity contribution is 7.00. The highest BCUT2D eigenvalue weighted by Gasteiger charge is 2.12. The van der Waals surface area contributed by atoms with E-state index in [1.54, 1.807) is 0 Å². The first kappa shape index (κ1) is 16.4. The molecule has 0 spiro atoms. The number of aromatic nitrogens is 2. The van der Waals surface area contributed by atoms with Crippen LogP contribution in [0.5, 0.6) is 5.75 Å². The summed E-state index contributed by atoms with van der Waals surface area (Å²) in [6, 6.07) is 11.6. The van der Waals surface area contributed by atoms with E-state index in [-0.39, 0.29) is 12.5 Å². The number of nitrogens with one attached hydrogen (secondary N) is 1. The minimum atomic E-state index is -0.216. The highest BCUT2D eigenvalue weighted by atomic mass is 32.1. The van der Waals surface area contributed by atoms with Crippen molar-refractivity contribution < 1.29 is 9.53 Å². The quantitative estimate of drug-likeness (QED) is 0.757. The van der Waals surface area contributed by atoms with Gasteiger partial charge in [-0.15, -0.1) is 0 Å². The van der Waals surface area contributed by atoms with Crippen LogP contribution in [0.25, 0.3) is 11.0 Å². The summed E-state index contributed by atoms with van der Waals surface area (Å²) in [5.41, 5.74) is 4.34. The summed E-state index contributed by atoms with van der Waals surface area (Å²) >= 11 is 1.13. The van der Waals surface area contributed by atoms with E-state index in [1.165, 1.54) is 0 Å². The molecule has 0 saturated heterocycles. The number of benzene rings is 2. The minimum Gasteiger partial charge on any atom is -0.483 e. The van der Waals surface area contributed by atoms with Crippen LogP contribution in [0.3, 0.4) is 0 Å². The average Bonchev–Trinajstić information content (AvgIpc) is 3.02. The molecule has 0 aliphatic carbocycles. The van der Waals surface area contributed by atoms with Crippen molar-refractivity contribution in [3.05, 3.63) is 47.5 Å². The fraction of sp³-hybridized carbons (Fsp3) is 0.278. The summed E-state index contributed by atoms with van der Waals surface area (Å²) in [6.07, 6.45) is 0. The second kappa shape index (κ2) is 6.97. The van der Waals surface area contributed by atoms with Crippen LogP contribution in [-0.2, 0) is 4.79 Å².